The molecule has 6 nitrogen and oxygen atoms in total. The number of hydrogen-bond donors (Lipinski definition) is 2. The topological polar surface area (TPSA) is 98.5 Å². The summed E-state index contributed by atoms with van der Waals surface area (Å²) < 4.78 is 29.2. The van der Waals surface area contributed by atoms with Crippen molar-refractivity contribution in [2.24, 2.45) is 5.14 Å². The third-order valence-corrected chi connectivity index (χ3v) is 4.54. The van der Waals surface area contributed by atoms with Crippen LogP contribution in [0.5, 0.6) is 5.75 Å². The molecule has 0 heterocycles. The van der Waals surface area contributed by atoms with Gasteiger partial charge in [0.25, 0.3) is 5.91 Å². The van der Waals surface area contributed by atoms with E-state index in [2.05, 4.69) is 21.2 Å². The lowest BCUT2D eigenvalue weighted by Crippen LogP contribution is -2.21. The van der Waals surface area contributed by atoms with Gasteiger partial charge in [-0.1, -0.05) is 22.0 Å². The lowest BCUT2D eigenvalue weighted by molar-refractivity contribution is -0.118. The molecule has 0 aliphatic carbocycles. The van der Waals surface area contributed by atoms with Crippen LogP contribution in [0.25, 0.3) is 0 Å². The van der Waals surface area contributed by atoms with Crippen LogP contribution >= 0.6 is 15.9 Å². The third kappa shape index (κ3) is 5.05. The Hall–Kier alpha value is -1.90. The van der Waals surface area contributed by atoms with E-state index >= 15 is 0 Å². The Kier molecular flexibility index (Phi) is 5.40. The summed E-state index contributed by atoms with van der Waals surface area (Å²) in [6.07, 6.45) is 0. The molecule has 0 atom stereocenters. The van der Waals surface area contributed by atoms with Crippen LogP contribution in [0.15, 0.2) is 51.8 Å². The van der Waals surface area contributed by atoms with Gasteiger partial charge in [-0.2, -0.15) is 0 Å². The maximum Gasteiger partial charge on any atom is 0.262 e. The molecule has 3 N–H and O–H groups in total. The van der Waals surface area contributed by atoms with Crippen molar-refractivity contribution in [1.82, 2.24) is 0 Å². The van der Waals surface area contributed by atoms with Gasteiger partial charge in [-0.15, -0.1) is 0 Å². The zero-order valence-electron chi connectivity index (χ0n) is 12.2. The second-order valence-electron chi connectivity index (χ2n) is 4.82. The number of benzene rings is 2. The summed E-state index contributed by atoms with van der Waals surface area (Å²) in [4.78, 5) is 11.8. The summed E-state index contributed by atoms with van der Waals surface area (Å²) in [6.45, 7) is 1.43. The van der Waals surface area contributed by atoms with Crippen molar-refractivity contribution in [3.63, 3.8) is 0 Å². The van der Waals surface area contributed by atoms with Gasteiger partial charge in [0.1, 0.15) is 5.75 Å². The number of rotatable bonds is 5. The number of sulfonamides is 1. The average Bonchev–Trinajstić information content (AvgIpc) is 2.47. The zero-order chi connectivity index (χ0) is 17.0. The summed E-state index contributed by atoms with van der Waals surface area (Å²) in [5.41, 5.74) is 0.848. The highest BCUT2D eigenvalue weighted by molar-refractivity contribution is 9.10. The van der Waals surface area contributed by atoms with E-state index in [9.17, 15) is 13.2 Å². The number of nitrogens with two attached hydrogens (primary N) is 1. The van der Waals surface area contributed by atoms with Gasteiger partial charge in [0.15, 0.2) is 6.61 Å². The number of amides is 1. The highest BCUT2D eigenvalue weighted by Gasteiger charge is 2.13. The number of carbonyl (C=O) groups excluding carboxylic acids is 1. The summed E-state index contributed by atoms with van der Waals surface area (Å²) in [5.74, 6) is 0.148. The number of anilines is 1. The molecule has 1 amide bonds. The van der Waals surface area contributed by atoms with Crippen molar-refractivity contribution in [2.45, 2.75) is 11.8 Å². The Morgan fingerprint density at radius 1 is 1.22 bits per heavy atom. The molecule has 2 rings (SSSR count). The van der Waals surface area contributed by atoms with Crippen LogP contribution in [0.4, 0.5) is 5.69 Å². The highest BCUT2D eigenvalue weighted by atomic mass is 79.9. The van der Waals surface area contributed by atoms with E-state index in [4.69, 9.17) is 9.88 Å². The van der Waals surface area contributed by atoms with Crippen LogP contribution in [0.2, 0.25) is 0 Å². The van der Waals surface area contributed by atoms with E-state index in [1.54, 1.807) is 43.3 Å². The Morgan fingerprint density at radius 3 is 2.48 bits per heavy atom. The molecule has 2 aromatic rings. The number of halogens is 1. The molecule has 0 spiro atoms. The Morgan fingerprint density at radius 2 is 1.87 bits per heavy atom. The molecule has 0 aliphatic rings. The Bertz CT molecular complexity index is 820. The van der Waals surface area contributed by atoms with Crippen LogP contribution in [0.3, 0.4) is 0 Å². The van der Waals surface area contributed by atoms with E-state index in [0.717, 1.165) is 4.47 Å². The molecule has 122 valence electrons. The van der Waals surface area contributed by atoms with Gasteiger partial charge in [0.05, 0.1) is 4.90 Å². The van der Waals surface area contributed by atoms with Gasteiger partial charge >= 0.3 is 0 Å². The summed E-state index contributed by atoms with van der Waals surface area (Å²) in [7, 11) is -3.84. The van der Waals surface area contributed by atoms with E-state index in [1.807, 2.05) is 0 Å². The minimum absolute atomic E-state index is 0.0240. The van der Waals surface area contributed by atoms with Crippen LogP contribution < -0.4 is 15.2 Å². The molecule has 0 unspecified atom stereocenters. The number of ether oxygens (including phenoxy) is 1. The minimum Gasteiger partial charge on any atom is -0.484 e. The number of aryl methyl sites for hydroxylation is 1. The quantitative estimate of drug-likeness (QED) is 0.807. The van der Waals surface area contributed by atoms with E-state index in [1.165, 1.54) is 6.07 Å². The molecular weight excluding hydrogens is 384 g/mol. The Labute approximate surface area is 142 Å². The molecule has 2 aromatic carbocycles. The van der Waals surface area contributed by atoms with Gasteiger partial charge in [0, 0.05) is 10.2 Å². The van der Waals surface area contributed by atoms with Crippen molar-refractivity contribution in [2.75, 3.05) is 11.9 Å². The Balaban J connectivity index is 2.01. The predicted octanol–water partition coefficient (Wildman–Crippen LogP) is 2.42. The van der Waals surface area contributed by atoms with Crippen LogP contribution in [-0.2, 0) is 14.8 Å². The van der Waals surface area contributed by atoms with Crippen molar-refractivity contribution in [3.05, 3.63) is 52.5 Å². The fraction of sp³-hybridized carbons (Fsp3) is 0.133. The standard InChI is InChI=1S/C15H15BrN2O4S/c1-10-2-5-12(8-14(10)23(17,20)21)18-15(19)9-22-13-6-3-11(16)4-7-13/h2-8H,9H2,1H3,(H,18,19)(H2,17,20,21). The monoisotopic (exact) mass is 398 g/mol. The maximum atomic E-state index is 11.9. The number of carbonyl (C=O) groups is 1. The molecule has 0 bridgehead atoms. The summed E-state index contributed by atoms with van der Waals surface area (Å²) >= 11 is 3.30. The van der Waals surface area contributed by atoms with Crippen LogP contribution in [-0.4, -0.2) is 20.9 Å². The lowest BCUT2D eigenvalue weighted by atomic mass is 10.2. The van der Waals surface area contributed by atoms with Crippen LogP contribution in [0, 0.1) is 6.92 Å². The molecule has 0 radical (unpaired) electrons. The van der Waals surface area contributed by atoms with E-state index in [-0.39, 0.29) is 11.5 Å². The number of hydrogen-bond acceptors (Lipinski definition) is 4. The molecule has 0 aliphatic heterocycles. The lowest BCUT2D eigenvalue weighted by Gasteiger charge is -2.10. The molecule has 0 aromatic heterocycles. The zero-order valence-corrected chi connectivity index (χ0v) is 14.6. The summed E-state index contributed by atoms with van der Waals surface area (Å²) in [5, 5.41) is 7.71. The van der Waals surface area contributed by atoms with Gasteiger partial charge in [0.2, 0.25) is 10.0 Å². The molecule has 0 fully saturated rings. The molecule has 0 saturated heterocycles. The first-order valence-corrected chi connectivity index (χ1v) is 8.91. The first-order valence-electron chi connectivity index (χ1n) is 6.57. The SMILES string of the molecule is Cc1ccc(NC(=O)COc2ccc(Br)cc2)cc1S(N)(=O)=O. The normalized spacial score (nSPS) is 11.1. The average molecular weight is 399 g/mol. The number of primary sulfonamides is 1. The third-order valence-electron chi connectivity index (χ3n) is 2.96. The molecule has 23 heavy (non-hydrogen) atoms. The molecular formula is C15H15BrN2O4S. The second-order valence-corrected chi connectivity index (χ2v) is 7.26. The van der Waals surface area contributed by atoms with Crippen molar-refractivity contribution in [3.8, 4) is 5.75 Å². The second kappa shape index (κ2) is 7.12. The van der Waals surface area contributed by atoms with Gasteiger partial charge in [-0.25, -0.2) is 13.6 Å². The highest BCUT2D eigenvalue weighted by Crippen LogP contribution is 2.19. The number of nitrogens with one attached hydrogen (secondary N) is 1. The van der Waals surface area contributed by atoms with E-state index in [0.29, 0.717) is 17.0 Å². The fourth-order valence-electron chi connectivity index (χ4n) is 1.86. The molecule has 0 saturated carbocycles. The first-order chi connectivity index (χ1) is 10.8. The largest absolute Gasteiger partial charge is 0.484 e. The first kappa shape index (κ1) is 17.5. The van der Waals surface area contributed by atoms with Gasteiger partial charge in [-0.3, -0.25) is 4.79 Å². The van der Waals surface area contributed by atoms with Gasteiger partial charge < -0.3 is 10.1 Å². The molecule has 8 heteroatoms. The van der Waals surface area contributed by atoms with Gasteiger partial charge in [-0.05, 0) is 48.9 Å². The van der Waals surface area contributed by atoms with Crippen molar-refractivity contribution < 1.29 is 17.9 Å². The summed E-state index contributed by atoms with van der Waals surface area (Å²) in [6, 6.07) is 11.5. The minimum atomic E-state index is -3.84. The fourth-order valence-corrected chi connectivity index (χ4v) is 2.93. The van der Waals surface area contributed by atoms with Crippen LogP contribution in [0.1, 0.15) is 5.56 Å². The predicted molar refractivity (Wildman–Crippen MR) is 90.8 cm³/mol. The van der Waals surface area contributed by atoms with E-state index < -0.39 is 15.9 Å². The smallest absolute Gasteiger partial charge is 0.262 e. The maximum absolute atomic E-state index is 11.9. The van der Waals surface area contributed by atoms with Crippen molar-refractivity contribution in [1.29, 1.82) is 0 Å². The van der Waals surface area contributed by atoms with Crippen molar-refractivity contribution >= 4 is 37.5 Å².